The zero-order valence-corrected chi connectivity index (χ0v) is 20.9. The SMILES string of the molecule is COc1ccc(CN2CCC3(CCCN(c4ncccn4)C3)C2)cc1.O=C(O)C(F)(F)F.O=C(O)C(F)(F)F. The van der Waals surface area contributed by atoms with Gasteiger partial charge in [-0.15, -0.1) is 0 Å². The Morgan fingerprint density at radius 1 is 0.923 bits per heavy atom. The Labute approximate surface area is 220 Å². The number of hydrogen-bond acceptors (Lipinski definition) is 7. The van der Waals surface area contributed by atoms with Crippen LogP contribution in [-0.4, -0.2) is 82.7 Å². The predicted molar refractivity (Wildman–Crippen MR) is 126 cm³/mol. The maximum absolute atomic E-state index is 10.6. The molecule has 39 heavy (non-hydrogen) atoms. The Bertz CT molecular complexity index is 1050. The number of benzene rings is 1. The van der Waals surface area contributed by atoms with Gasteiger partial charge >= 0.3 is 24.3 Å². The summed E-state index contributed by atoms with van der Waals surface area (Å²) in [6.07, 6.45) is -2.67. The number of anilines is 1. The number of rotatable bonds is 4. The van der Waals surface area contributed by atoms with E-state index >= 15 is 0 Å². The van der Waals surface area contributed by atoms with E-state index in [-0.39, 0.29) is 0 Å². The molecule has 216 valence electrons. The highest BCUT2D eigenvalue weighted by molar-refractivity contribution is 5.73. The Balaban J connectivity index is 0.000000317. The number of halogens is 6. The Kier molecular flexibility index (Phi) is 10.9. The van der Waals surface area contributed by atoms with E-state index in [0.29, 0.717) is 5.41 Å². The fraction of sp³-hybridized carbons (Fsp3) is 0.500. The molecule has 0 amide bonds. The lowest BCUT2D eigenvalue weighted by atomic mass is 9.79. The number of aromatic nitrogens is 2. The molecule has 9 nitrogen and oxygen atoms in total. The average Bonchev–Trinajstić information content (AvgIpc) is 3.25. The van der Waals surface area contributed by atoms with Gasteiger partial charge < -0.3 is 19.8 Å². The maximum atomic E-state index is 10.6. The maximum Gasteiger partial charge on any atom is 0.490 e. The number of hydrogen-bond donors (Lipinski definition) is 2. The van der Waals surface area contributed by atoms with Crippen LogP contribution < -0.4 is 9.64 Å². The topological polar surface area (TPSA) is 116 Å². The Morgan fingerprint density at radius 2 is 1.46 bits per heavy atom. The molecule has 0 saturated carbocycles. The van der Waals surface area contributed by atoms with E-state index in [2.05, 4.69) is 44.0 Å². The molecule has 2 N–H and O–H groups in total. The molecule has 2 saturated heterocycles. The van der Waals surface area contributed by atoms with Crippen LogP contribution in [-0.2, 0) is 16.1 Å². The number of alkyl halides is 6. The molecule has 0 aliphatic carbocycles. The van der Waals surface area contributed by atoms with E-state index in [1.165, 1.54) is 37.9 Å². The zero-order valence-electron chi connectivity index (χ0n) is 20.9. The second kappa shape index (κ2) is 13.4. The number of ether oxygens (including phenoxy) is 1. The van der Waals surface area contributed by atoms with Crippen LogP contribution in [0.5, 0.6) is 5.75 Å². The molecule has 2 aromatic rings. The average molecular weight is 566 g/mol. The third-order valence-corrected chi connectivity index (χ3v) is 6.06. The van der Waals surface area contributed by atoms with Crippen molar-refractivity contribution in [3.8, 4) is 5.75 Å². The minimum Gasteiger partial charge on any atom is -0.497 e. The van der Waals surface area contributed by atoms with E-state index in [1.807, 2.05) is 18.5 Å². The van der Waals surface area contributed by atoms with Crippen LogP contribution in [0.15, 0.2) is 42.7 Å². The van der Waals surface area contributed by atoms with E-state index < -0.39 is 24.3 Å². The fourth-order valence-electron chi connectivity index (χ4n) is 4.32. The number of carboxylic acids is 2. The third kappa shape index (κ3) is 10.2. The first kappa shape index (κ1) is 31.6. The largest absolute Gasteiger partial charge is 0.497 e. The van der Waals surface area contributed by atoms with Gasteiger partial charge in [0.05, 0.1) is 7.11 Å². The molecule has 0 radical (unpaired) electrons. The molecular weight excluding hydrogens is 538 g/mol. The van der Waals surface area contributed by atoms with E-state index in [0.717, 1.165) is 31.3 Å². The van der Waals surface area contributed by atoms with Gasteiger partial charge in [0, 0.05) is 44.0 Å². The zero-order chi connectivity index (χ0) is 29.3. The minimum atomic E-state index is -5.08. The number of likely N-dealkylation sites (tertiary alicyclic amines) is 1. The van der Waals surface area contributed by atoms with Crippen molar-refractivity contribution in [2.24, 2.45) is 5.41 Å². The van der Waals surface area contributed by atoms with Crippen molar-refractivity contribution in [2.45, 2.75) is 38.2 Å². The summed E-state index contributed by atoms with van der Waals surface area (Å²) in [5, 5.41) is 14.2. The van der Waals surface area contributed by atoms with Crippen molar-refractivity contribution in [2.75, 3.05) is 38.2 Å². The lowest BCUT2D eigenvalue weighted by Crippen LogP contribution is -2.45. The van der Waals surface area contributed by atoms with Gasteiger partial charge in [0.25, 0.3) is 0 Å². The molecule has 1 aromatic carbocycles. The van der Waals surface area contributed by atoms with E-state index in [4.69, 9.17) is 24.5 Å². The molecule has 0 bridgehead atoms. The summed E-state index contributed by atoms with van der Waals surface area (Å²) in [5.41, 5.74) is 1.75. The van der Waals surface area contributed by atoms with Crippen molar-refractivity contribution in [3.63, 3.8) is 0 Å². The van der Waals surface area contributed by atoms with Crippen molar-refractivity contribution >= 4 is 17.9 Å². The van der Waals surface area contributed by atoms with Crippen LogP contribution in [0.2, 0.25) is 0 Å². The van der Waals surface area contributed by atoms with E-state index in [1.54, 1.807) is 7.11 Å². The van der Waals surface area contributed by atoms with Gasteiger partial charge in [-0.1, -0.05) is 12.1 Å². The summed E-state index contributed by atoms with van der Waals surface area (Å²) < 4.78 is 68.7. The predicted octanol–water partition coefficient (Wildman–Crippen LogP) is 4.24. The van der Waals surface area contributed by atoms with Crippen molar-refractivity contribution in [1.29, 1.82) is 0 Å². The summed E-state index contributed by atoms with van der Waals surface area (Å²) in [7, 11) is 1.71. The number of carboxylic acid groups (broad SMARTS) is 2. The highest BCUT2D eigenvalue weighted by Gasteiger charge is 2.42. The molecule has 1 aromatic heterocycles. The molecule has 1 unspecified atom stereocenters. The molecule has 1 spiro atoms. The van der Waals surface area contributed by atoms with Crippen molar-refractivity contribution in [1.82, 2.24) is 14.9 Å². The normalized spacial score (nSPS) is 19.4. The third-order valence-electron chi connectivity index (χ3n) is 6.06. The number of piperidine rings is 1. The van der Waals surface area contributed by atoms with Crippen molar-refractivity contribution < 1.29 is 50.9 Å². The van der Waals surface area contributed by atoms with Gasteiger partial charge in [-0.25, -0.2) is 19.6 Å². The molecule has 2 aliphatic heterocycles. The smallest absolute Gasteiger partial charge is 0.490 e. The summed E-state index contributed by atoms with van der Waals surface area (Å²) >= 11 is 0. The minimum absolute atomic E-state index is 0.393. The number of methoxy groups -OCH3 is 1. The first-order valence-corrected chi connectivity index (χ1v) is 11.6. The van der Waals surface area contributed by atoms with Crippen LogP contribution in [0.25, 0.3) is 0 Å². The van der Waals surface area contributed by atoms with Crippen LogP contribution in [0.3, 0.4) is 0 Å². The molecule has 2 aliphatic rings. The summed E-state index contributed by atoms with van der Waals surface area (Å²) in [6, 6.07) is 10.3. The molecule has 3 heterocycles. The number of aliphatic carboxylic acids is 2. The lowest BCUT2D eigenvalue weighted by molar-refractivity contribution is -0.193. The van der Waals surface area contributed by atoms with Crippen LogP contribution in [0.4, 0.5) is 32.3 Å². The number of nitrogens with zero attached hydrogens (tertiary/aromatic N) is 4. The second-order valence-electron chi connectivity index (χ2n) is 8.99. The lowest BCUT2D eigenvalue weighted by Gasteiger charge is -2.40. The van der Waals surface area contributed by atoms with Crippen LogP contribution in [0, 0.1) is 5.41 Å². The van der Waals surface area contributed by atoms with Crippen LogP contribution >= 0.6 is 0 Å². The molecule has 15 heteroatoms. The highest BCUT2D eigenvalue weighted by Crippen LogP contribution is 2.40. The second-order valence-corrected chi connectivity index (χ2v) is 8.99. The van der Waals surface area contributed by atoms with Gasteiger partial charge in [-0.05, 0) is 49.6 Å². The van der Waals surface area contributed by atoms with Crippen LogP contribution in [0.1, 0.15) is 24.8 Å². The summed E-state index contributed by atoms with van der Waals surface area (Å²) in [4.78, 5) is 31.7. The Hall–Kier alpha value is -3.62. The quantitative estimate of drug-likeness (QED) is 0.524. The highest BCUT2D eigenvalue weighted by atomic mass is 19.4. The fourth-order valence-corrected chi connectivity index (χ4v) is 4.32. The van der Waals surface area contributed by atoms with Gasteiger partial charge in [0.15, 0.2) is 0 Å². The van der Waals surface area contributed by atoms with Gasteiger partial charge in [-0.2, -0.15) is 26.3 Å². The van der Waals surface area contributed by atoms with Gasteiger partial charge in [0.1, 0.15) is 5.75 Å². The van der Waals surface area contributed by atoms with E-state index in [9.17, 15) is 26.3 Å². The van der Waals surface area contributed by atoms with Crippen molar-refractivity contribution in [3.05, 3.63) is 48.3 Å². The van der Waals surface area contributed by atoms with Gasteiger partial charge in [0.2, 0.25) is 5.95 Å². The standard InChI is InChI=1S/C20H26N4O.2C2HF3O2/c1-25-18-6-4-17(5-7-18)14-23-13-9-20(15-23)8-2-12-24(16-20)19-21-10-3-11-22-19;2*3-2(4,5)1(6)7/h3-7,10-11H,2,8-9,12-16H2,1H3;2*(H,6,7). The summed E-state index contributed by atoms with van der Waals surface area (Å²) in [5.74, 6) is -3.71. The summed E-state index contributed by atoms with van der Waals surface area (Å²) in [6.45, 7) is 5.52. The van der Waals surface area contributed by atoms with Gasteiger partial charge in [-0.3, -0.25) is 4.90 Å². The molecule has 4 rings (SSSR count). The number of carbonyl (C=O) groups is 2. The molecule has 2 fully saturated rings. The Morgan fingerprint density at radius 3 is 1.95 bits per heavy atom. The molecule has 1 atom stereocenters. The first-order valence-electron chi connectivity index (χ1n) is 11.6. The first-order chi connectivity index (χ1) is 18.1. The monoisotopic (exact) mass is 566 g/mol. The molecular formula is C24H28F6N4O5.